The van der Waals surface area contributed by atoms with Gasteiger partial charge in [-0.25, -0.2) is 4.98 Å². The summed E-state index contributed by atoms with van der Waals surface area (Å²) in [5.74, 6) is -0.164. The van der Waals surface area contributed by atoms with Crippen LogP contribution in [-0.2, 0) is 29.1 Å². The predicted molar refractivity (Wildman–Crippen MR) is 116 cm³/mol. The Bertz CT molecular complexity index is 923. The minimum absolute atomic E-state index is 0.0524. The summed E-state index contributed by atoms with van der Waals surface area (Å²) in [5, 5.41) is 3.71. The maximum Gasteiger partial charge on any atom is 0.231 e. The van der Waals surface area contributed by atoms with Crippen LogP contribution in [0, 0.1) is 5.92 Å². The number of carbonyl (C=O) groups excluding carboxylic acids is 2. The van der Waals surface area contributed by atoms with Gasteiger partial charge in [-0.2, -0.15) is 0 Å². The van der Waals surface area contributed by atoms with E-state index in [0.29, 0.717) is 24.1 Å². The first-order valence-corrected chi connectivity index (χ1v) is 11.9. The standard InChI is InChI=1S/C23H28N4O2S/c28-21-12-17(14-27(21)18-8-4-5-9-18)22(29)25-23-24-19-10-11-26(15-20(19)30-23)13-16-6-2-1-3-7-16/h1-3,6-7,17-18H,4-5,8-15H2,(H,24,25,29)/p+1/t17-/m0/s1. The molecule has 3 aliphatic rings. The van der Waals surface area contributed by atoms with Gasteiger partial charge in [-0.15, -0.1) is 0 Å². The van der Waals surface area contributed by atoms with Crippen LogP contribution in [0.25, 0.3) is 0 Å². The Labute approximate surface area is 181 Å². The number of nitrogens with zero attached hydrogens (tertiary/aromatic N) is 2. The van der Waals surface area contributed by atoms with Gasteiger partial charge in [0.1, 0.15) is 13.1 Å². The van der Waals surface area contributed by atoms with E-state index in [9.17, 15) is 9.59 Å². The fraction of sp³-hybridized carbons (Fsp3) is 0.522. The Kier molecular flexibility index (Phi) is 5.56. The third kappa shape index (κ3) is 4.14. The van der Waals surface area contributed by atoms with Gasteiger partial charge in [0.15, 0.2) is 5.13 Å². The molecule has 2 aromatic rings. The molecule has 1 aromatic carbocycles. The van der Waals surface area contributed by atoms with Crippen molar-refractivity contribution in [1.29, 1.82) is 0 Å². The molecular formula is C23H29N4O2S+. The van der Waals surface area contributed by atoms with E-state index in [4.69, 9.17) is 4.98 Å². The lowest BCUT2D eigenvalue weighted by atomic mass is 10.1. The van der Waals surface area contributed by atoms with E-state index in [-0.39, 0.29) is 17.7 Å². The van der Waals surface area contributed by atoms with E-state index in [1.165, 1.54) is 28.2 Å². The monoisotopic (exact) mass is 425 g/mol. The van der Waals surface area contributed by atoms with Crippen LogP contribution in [0.1, 0.15) is 48.2 Å². The van der Waals surface area contributed by atoms with Gasteiger partial charge in [0.25, 0.3) is 0 Å². The van der Waals surface area contributed by atoms with E-state index in [1.54, 1.807) is 11.3 Å². The van der Waals surface area contributed by atoms with Crippen LogP contribution in [0.2, 0.25) is 0 Å². The van der Waals surface area contributed by atoms with Crippen LogP contribution in [0.4, 0.5) is 5.13 Å². The minimum Gasteiger partial charge on any atom is -0.339 e. The predicted octanol–water partition coefficient (Wildman–Crippen LogP) is 2.01. The van der Waals surface area contributed by atoms with E-state index in [1.807, 2.05) is 4.90 Å². The Hall–Kier alpha value is -2.25. The summed E-state index contributed by atoms with van der Waals surface area (Å²) < 4.78 is 0. The fourth-order valence-electron chi connectivity index (χ4n) is 5.10. The zero-order valence-electron chi connectivity index (χ0n) is 17.2. The van der Waals surface area contributed by atoms with E-state index >= 15 is 0 Å². The van der Waals surface area contributed by atoms with Crippen molar-refractivity contribution in [2.45, 2.75) is 57.7 Å². The molecule has 1 unspecified atom stereocenters. The number of quaternary nitrogens is 1. The molecule has 158 valence electrons. The van der Waals surface area contributed by atoms with Crippen molar-refractivity contribution in [3.63, 3.8) is 0 Å². The molecule has 2 N–H and O–H groups in total. The van der Waals surface area contributed by atoms with Gasteiger partial charge in [0.2, 0.25) is 11.8 Å². The highest BCUT2D eigenvalue weighted by molar-refractivity contribution is 7.15. The second kappa shape index (κ2) is 8.47. The van der Waals surface area contributed by atoms with Crippen LogP contribution < -0.4 is 10.2 Å². The van der Waals surface area contributed by atoms with Gasteiger partial charge >= 0.3 is 0 Å². The molecule has 1 aliphatic carbocycles. The molecule has 0 spiro atoms. The smallest absolute Gasteiger partial charge is 0.231 e. The number of benzene rings is 1. The molecule has 1 saturated heterocycles. The highest BCUT2D eigenvalue weighted by Crippen LogP contribution is 2.31. The fourth-order valence-corrected chi connectivity index (χ4v) is 6.18. The minimum atomic E-state index is -0.251. The average molecular weight is 426 g/mol. The zero-order chi connectivity index (χ0) is 20.5. The number of rotatable bonds is 5. The van der Waals surface area contributed by atoms with Crippen molar-refractivity contribution in [1.82, 2.24) is 9.88 Å². The molecule has 30 heavy (non-hydrogen) atoms. The Morgan fingerprint density at radius 2 is 2.03 bits per heavy atom. The maximum absolute atomic E-state index is 12.8. The van der Waals surface area contributed by atoms with Crippen molar-refractivity contribution < 1.29 is 14.5 Å². The molecule has 0 bridgehead atoms. The summed E-state index contributed by atoms with van der Waals surface area (Å²) in [7, 11) is 0. The first kappa shape index (κ1) is 19.7. The molecule has 2 amide bonds. The quantitative estimate of drug-likeness (QED) is 0.770. The van der Waals surface area contributed by atoms with Gasteiger partial charge in [-0.05, 0) is 12.8 Å². The number of fused-ring (bicyclic) bond motifs is 1. The number of hydrogen-bond acceptors (Lipinski definition) is 4. The summed E-state index contributed by atoms with van der Waals surface area (Å²) in [6.07, 6.45) is 5.84. The molecule has 1 aromatic heterocycles. The molecule has 2 fully saturated rings. The van der Waals surface area contributed by atoms with Crippen LogP contribution in [0.5, 0.6) is 0 Å². The summed E-state index contributed by atoms with van der Waals surface area (Å²) in [4.78, 5) is 34.7. The van der Waals surface area contributed by atoms with Crippen molar-refractivity contribution in [3.05, 3.63) is 46.5 Å². The van der Waals surface area contributed by atoms with E-state index < -0.39 is 0 Å². The normalized spacial score (nSPS) is 24.3. The Morgan fingerprint density at radius 3 is 2.83 bits per heavy atom. The molecule has 0 radical (unpaired) electrons. The number of amides is 2. The average Bonchev–Trinajstić information content (AvgIpc) is 3.47. The molecule has 5 rings (SSSR count). The topological polar surface area (TPSA) is 66.7 Å². The van der Waals surface area contributed by atoms with Crippen LogP contribution in [0.3, 0.4) is 0 Å². The van der Waals surface area contributed by atoms with Crippen LogP contribution in [-0.4, -0.2) is 40.8 Å². The van der Waals surface area contributed by atoms with Crippen molar-refractivity contribution >= 4 is 28.3 Å². The van der Waals surface area contributed by atoms with Crippen LogP contribution >= 0.6 is 11.3 Å². The molecule has 2 aliphatic heterocycles. The molecular weight excluding hydrogens is 396 g/mol. The highest BCUT2D eigenvalue weighted by atomic mass is 32.1. The number of carbonyl (C=O) groups is 2. The molecule has 2 atom stereocenters. The first-order chi connectivity index (χ1) is 14.7. The first-order valence-electron chi connectivity index (χ1n) is 11.1. The third-order valence-electron chi connectivity index (χ3n) is 6.73. The lowest BCUT2D eigenvalue weighted by Gasteiger charge is -2.23. The molecule has 7 heteroatoms. The number of thiazole rings is 1. The van der Waals surface area contributed by atoms with Crippen molar-refractivity contribution in [2.24, 2.45) is 5.92 Å². The third-order valence-corrected chi connectivity index (χ3v) is 7.74. The maximum atomic E-state index is 12.8. The number of anilines is 1. The lowest BCUT2D eigenvalue weighted by Crippen LogP contribution is -3.10. The summed E-state index contributed by atoms with van der Waals surface area (Å²) in [5.41, 5.74) is 2.48. The van der Waals surface area contributed by atoms with Crippen LogP contribution in [0.15, 0.2) is 30.3 Å². The SMILES string of the molecule is O=C(Nc1nc2c(s1)C[NH+](Cc1ccccc1)CC2)[C@H]1CC(=O)N(C2CCCC2)C1. The van der Waals surface area contributed by atoms with Gasteiger partial charge in [-0.1, -0.05) is 54.5 Å². The van der Waals surface area contributed by atoms with Gasteiger partial charge in [0, 0.05) is 31.0 Å². The molecule has 1 saturated carbocycles. The second-order valence-corrected chi connectivity index (χ2v) is 9.94. The number of nitrogens with one attached hydrogen (secondary N) is 2. The number of aromatic nitrogens is 1. The van der Waals surface area contributed by atoms with Gasteiger partial charge in [0.05, 0.1) is 23.0 Å². The second-order valence-electron chi connectivity index (χ2n) is 8.85. The number of hydrogen-bond donors (Lipinski definition) is 2. The van der Waals surface area contributed by atoms with E-state index in [2.05, 4.69) is 35.6 Å². The number of likely N-dealkylation sites (tertiary alicyclic amines) is 1. The van der Waals surface area contributed by atoms with Crippen molar-refractivity contribution in [2.75, 3.05) is 18.4 Å². The Balaban J connectivity index is 1.19. The summed E-state index contributed by atoms with van der Waals surface area (Å²) in [6, 6.07) is 10.9. The van der Waals surface area contributed by atoms with Crippen molar-refractivity contribution in [3.8, 4) is 0 Å². The zero-order valence-corrected chi connectivity index (χ0v) is 18.0. The highest BCUT2D eigenvalue weighted by Gasteiger charge is 2.39. The van der Waals surface area contributed by atoms with E-state index in [0.717, 1.165) is 44.6 Å². The molecule has 3 heterocycles. The van der Waals surface area contributed by atoms with Gasteiger partial charge in [-0.3, -0.25) is 9.59 Å². The summed E-state index contributed by atoms with van der Waals surface area (Å²) >= 11 is 1.60. The lowest BCUT2D eigenvalue weighted by molar-refractivity contribution is -0.929. The Morgan fingerprint density at radius 1 is 1.23 bits per heavy atom. The van der Waals surface area contributed by atoms with Gasteiger partial charge < -0.3 is 15.1 Å². The largest absolute Gasteiger partial charge is 0.339 e. The molecule has 6 nitrogen and oxygen atoms in total. The summed E-state index contributed by atoms with van der Waals surface area (Å²) in [6.45, 7) is 3.60.